The van der Waals surface area contributed by atoms with Crippen molar-refractivity contribution in [2.24, 2.45) is 11.3 Å². The van der Waals surface area contributed by atoms with Gasteiger partial charge in [-0.1, -0.05) is 6.92 Å². The molecule has 0 aromatic carbocycles. The second-order valence-corrected chi connectivity index (χ2v) is 3.51. The highest BCUT2D eigenvalue weighted by atomic mass is 14.9. The Morgan fingerprint density at radius 2 is 2.50 bits per heavy atom. The minimum atomic E-state index is 0.783. The Kier molecular flexibility index (Phi) is 0.762. The molecule has 0 radical (unpaired) electrons. The predicted molar refractivity (Wildman–Crippen MR) is 33.7 cm³/mol. The van der Waals surface area contributed by atoms with E-state index in [2.05, 4.69) is 12.2 Å². The molecule has 1 aliphatic heterocycles. The highest BCUT2D eigenvalue weighted by Crippen LogP contribution is 2.55. The van der Waals surface area contributed by atoms with Gasteiger partial charge in [0.05, 0.1) is 0 Å². The molecule has 1 heterocycles. The summed E-state index contributed by atoms with van der Waals surface area (Å²) in [6.45, 7) is 4.96. The summed E-state index contributed by atoms with van der Waals surface area (Å²) >= 11 is 0. The van der Waals surface area contributed by atoms with E-state index >= 15 is 0 Å². The Bertz CT molecular complexity index is 109. The van der Waals surface area contributed by atoms with E-state index in [4.69, 9.17) is 0 Å². The van der Waals surface area contributed by atoms with Crippen LogP contribution in [0.2, 0.25) is 0 Å². The van der Waals surface area contributed by atoms with Crippen LogP contribution in [0.25, 0.3) is 0 Å². The number of hydrogen-bond acceptors (Lipinski definition) is 1. The number of rotatable bonds is 0. The third kappa shape index (κ3) is 0.510. The van der Waals surface area contributed by atoms with Crippen molar-refractivity contribution in [3.05, 3.63) is 0 Å². The summed E-state index contributed by atoms with van der Waals surface area (Å²) in [5, 5.41) is 3.40. The zero-order valence-electron chi connectivity index (χ0n) is 5.41. The lowest BCUT2D eigenvalue weighted by atomic mass is 9.99. The van der Waals surface area contributed by atoms with Crippen LogP contribution in [0.15, 0.2) is 0 Å². The van der Waals surface area contributed by atoms with Gasteiger partial charge in [0.1, 0.15) is 0 Å². The van der Waals surface area contributed by atoms with Crippen molar-refractivity contribution in [1.29, 1.82) is 0 Å². The minimum Gasteiger partial charge on any atom is -0.316 e. The first-order chi connectivity index (χ1) is 3.81. The van der Waals surface area contributed by atoms with Crippen LogP contribution in [0.5, 0.6) is 0 Å². The minimum absolute atomic E-state index is 0.783. The summed E-state index contributed by atoms with van der Waals surface area (Å²) in [7, 11) is 0. The van der Waals surface area contributed by atoms with Crippen molar-refractivity contribution in [3.63, 3.8) is 0 Å². The van der Waals surface area contributed by atoms with E-state index in [1.807, 2.05) is 0 Å². The van der Waals surface area contributed by atoms with Crippen LogP contribution in [-0.2, 0) is 0 Å². The summed E-state index contributed by atoms with van der Waals surface area (Å²) < 4.78 is 0. The molecular formula is C7H13N. The molecule has 1 saturated heterocycles. The second-order valence-electron chi connectivity index (χ2n) is 3.51. The Morgan fingerprint density at radius 1 is 1.62 bits per heavy atom. The first-order valence-electron chi connectivity index (χ1n) is 3.52. The molecule has 1 N–H and O–H groups in total. The number of hydrogen-bond donors (Lipinski definition) is 1. The smallest absolute Gasteiger partial charge is 0.00151 e. The number of piperidine rings is 1. The molecule has 8 heavy (non-hydrogen) atoms. The monoisotopic (exact) mass is 111 g/mol. The third-order valence-electron chi connectivity index (χ3n) is 2.80. The number of fused-ring (bicyclic) bond motifs is 1. The van der Waals surface area contributed by atoms with E-state index in [9.17, 15) is 0 Å². The van der Waals surface area contributed by atoms with E-state index in [1.165, 1.54) is 25.9 Å². The molecule has 0 amide bonds. The van der Waals surface area contributed by atoms with Crippen LogP contribution < -0.4 is 5.32 Å². The fourth-order valence-corrected chi connectivity index (χ4v) is 1.78. The third-order valence-corrected chi connectivity index (χ3v) is 2.80. The van der Waals surface area contributed by atoms with Crippen molar-refractivity contribution >= 4 is 0 Å². The van der Waals surface area contributed by atoms with Gasteiger partial charge in [0.2, 0.25) is 0 Å². The first kappa shape index (κ1) is 4.80. The summed E-state index contributed by atoms with van der Waals surface area (Å²) in [4.78, 5) is 0. The van der Waals surface area contributed by atoms with Gasteiger partial charge in [-0.05, 0) is 37.3 Å². The highest BCUT2D eigenvalue weighted by molar-refractivity contribution is 5.02. The summed E-state index contributed by atoms with van der Waals surface area (Å²) in [5.41, 5.74) is 0.783. The van der Waals surface area contributed by atoms with Gasteiger partial charge in [-0.2, -0.15) is 0 Å². The van der Waals surface area contributed by atoms with E-state index in [1.54, 1.807) is 0 Å². The normalized spacial score (nSPS) is 52.9. The maximum Gasteiger partial charge on any atom is -0.00151 e. The summed E-state index contributed by atoms with van der Waals surface area (Å²) in [6, 6.07) is 0. The molecule has 1 aliphatic carbocycles. The fraction of sp³-hybridized carbons (Fsp3) is 1.00. The largest absolute Gasteiger partial charge is 0.316 e. The highest BCUT2D eigenvalue weighted by Gasteiger charge is 2.50. The zero-order valence-corrected chi connectivity index (χ0v) is 5.41. The van der Waals surface area contributed by atoms with E-state index in [-0.39, 0.29) is 0 Å². The van der Waals surface area contributed by atoms with E-state index < -0.39 is 0 Å². The van der Waals surface area contributed by atoms with Crippen LogP contribution in [0, 0.1) is 11.3 Å². The average Bonchev–Trinajstić information content (AvgIpc) is 2.39. The molecule has 2 atom stereocenters. The maximum absolute atomic E-state index is 3.40. The second kappa shape index (κ2) is 1.27. The van der Waals surface area contributed by atoms with Gasteiger partial charge < -0.3 is 5.32 Å². The quantitative estimate of drug-likeness (QED) is 0.492. The van der Waals surface area contributed by atoms with Crippen molar-refractivity contribution in [1.82, 2.24) is 5.32 Å². The lowest BCUT2D eigenvalue weighted by Crippen LogP contribution is -2.27. The topological polar surface area (TPSA) is 12.0 Å². The van der Waals surface area contributed by atoms with Gasteiger partial charge >= 0.3 is 0 Å². The summed E-state index contributed by atoms with van der Waals surface area (Å²) in [5.74, 6) is 1.04. The lowest BCUT2D eigenvalue weighted by Gasteiger charge is -2.17. The molecule has 2 aliphatic rings. The van der Waals surface area contributed by atoms with Crippen LogP contribution in [-0.4, -0.2) is 13.1 Å². The predicted octanol–water partition coefficient (Wildman–Crippen LogP) is 1.01. The van der Waals surface area contributed by atoms with Crippen LogP contribution >= 0.6 is 0 Å². The molecule has 0 aromatic heterocycles. The number of nitrogens with one attached hydrogen (secondary N) is 1. The van der Waals surface area contributed by atoms with Gasteiger partial charge in [-0.15, -0.1) is 0 Å². The Labute approximate surface area is 50.5 Å². The lowest BCUT2D eigenvalue weighted by molar-refractivity contribution is 0.382. The van der Waals surface area contributed by atoms with E-state index in [0.29, 0.717) is 0 Å². The molecule has 2 rings (SSSR count). The molecule has 0 aromatic rings. The van der Waals surface area contributed by atoms with Gasteiger partial charge in [0, 0.05) is 0 Å². The standard InChI is InChI=1S/C7H13N/c1-7-2-3-8-5-6(7)4-7/h6,8H,2-5H2,1H3. The van der Waals surface area contributed by atoms with Crippen LogP contribution in [0.3, 0.4) is 0 Å². The first-order valence-corrected chi connectivity index (χ1v) is 3.52. The van der Waals surface area contributed by atoms with Crippen molar-refractivity contribution < 1.29 is 0 Å². The molecule has 1 nitrogen and oxygen atoms in total. The summed E-state index contributed by atoms with van der Waals surface area (Å²) in [6.07, 6.45) is 2.90. The zero-order chi connectivity index (χ0) is 5.61. The van der Waals surface area contributed by atoms with Crippen molar-refractivity contribution in [2.45, 2.75) is 19.8 Å². The van der Waals surface area contributed by atoms with Crippen LogP contribution in [0.1, 0.15) is 19.8 Å². The molecule has 2 unspecified atom stereocenters. The SMILES string of the molecule is CC12CCNCC1C2. The molecule has 0 spiro atoms. The molecule has 46 valence electrons. The van der Waals surface area contributed by atoms with E-state index in [0.717, 1.165) is 11.3 Å². The fourth-order valence-electron chi connectivity index (χ4n) is 1.78. The Balaban J connectivity index is 2.04. The maximum atomic E-state index is 3.40. The van der Waals surface area contributed by atoms with Gasteiger partial charge in [-0.25, -0.2) is 0 Å². The Morgan fingerprint density at radius 3 is 3.00 bits per heavy atom. The van der Waals surface area contributed by atoms with Gasteiger partial charge in [-0.3, -0.25) is 0 Å². The van der Waals surface area contributed by atoms with Crippen molar-refractivity contribution in [3.8, 4) is 0 Å². The van der Waals surface area contributed by atoms with Gasteiger partial charge in [0.15, 0.2) is 0 Å². The van der Waals surface area contributed by atoms with Crippen LogP contribution in [0.4, 0.5) is 0 Å². The molecule has 2 fully saturated rings. The Hall–Kier alpha value is -0.0400. The molecule has 1 heteroatoms. The molecule has 1 saturated carbocycles. The average molecular weight is 111 g/mol. The molecular weight excluding hydrogens is 98.1 g/mol. The van der Waals surface area contributed by atoms with Gasteiger partial charge in [0.25, 0.3) is 0 Å². The van der Waals surface area contributed by atoms with Crippen molar-refractivity contribution in [2.75, 3.05) is 13.1 Å². The molecule has 0 bridgehead atoms.